The molecule has 0 radical (unpaired) electrons. The van der Waals surface area contributed by atoms with Gasteiger partial charge in [0, 0.05) is 83.6 Å². The molecule has 4 aromatic heterocycles. The van der Waals surface area contributed by atoms with Crippen LogP contribution in [0.1, 0.15) is 43.1 Å². The van der Waals surface area contributed by atoms with E-state index in [9.17, 15) is 5.26 Å². The van der Waals surface area contributed by atoms with Gasteiger partial charge in [-0.2, -0.15) is 10.4 Å². The highest BCUT2D eigenvalue weighted by Gasteiger charge is 2.63. The van der Waals surface area contributed by atoms with E-state index in [0.717, 1.165) is 71.0 Å². The lowest BCUT2D eigenvalue weighted by molar-refractivity contribution is -0.0357. The Hall–Kier alpha value is -4.55. The molecule has 218 valence electrons. The normalized spacial score (nSPS) is 26.1. The number of hydrogen-bond acceptors (Lipinski definition) is 8. The number of methoxy groups -OCH3 is 1. The van der Waals surface area contributed by atoms with Crippen LogP contribution in [-0.4, -0.2) is 49.2 Å². The standard InChI is InChI=1S/C34H36N8O/c1-20-9-29-33-30(42(29)19-21-3-8-31(43-2)38-14-21)11-22(32(20)33)4-6-27-7-5-23(15-37-27)28-10-24(26-17-40-41-18-26)16-39-34(28)25(12-35)13-36/h3,5,7-8,10,12,14-18,20,22,29-30,32-33H,4,6,9,11,19,35H2,1-2H3,(H,40,41). The predicted molar refractivity (Wildman–Crippen MR) is 164 cm³/mol. The summed E-state index contributed by atoms with van der Waals surface area (Å²) in [5.74, 6) is 3.80. The molecule has 7 rings (SSSR count). The molecule has 4 aromatic rings. The van der Waals surface area contributed by atoms with Crippen LogP contribution < -0.4 is 10.5 Å². The van der Waals surface area contributed by atoms with Crippen LogP contribution in [0.4, 0.5) is 0 Å². The SMILES string of the molecule is COc1ccc(CN2C3CC(C)C4C(CCc5ccc(-c6cc(-c7cn[nH]c7)cnc6C(C#N)=CN)cn5)CC2C43)cn1. The van der Waals surface area contributed by atoms with Crippen LogP contribution in [0.2, 0.25) is 0 Å². The van der Waals surface area contributed by atoms with Crippen LogP contribution in [0.15, 0.2) is 67.5 Å². The van der Waals surface area contributed by atoms with Crippen LogP contribution in [0.3, 0.4) is 0 Å². The van der Waals surface area contributed by atoms with Crippen molar-refractivity contribution < 1.29 is 4.74 Å². The molecule has 2 saturated carbocycles. The number of nitrogens with zero attached hydrogens (tertiary/aromatic N) is 6. The van der Waals surface area contributed by atoms with Crippen molar-refractivity contribution in [1.29, 1.82) is 5.26 Å². The number of nitrogens with two attached hydrogens (primary N) is 1. The molecule has 6 unspecified atom stereocenters. The summed E-state index contributed by atoms with van der Waals surface area (Å²) in [7, 11) is 1.66. The van der Waals surface area contributed by atoms with Gasteiger partial charge in [-0.05, 0) is 67.1 Å². The zero-order chi connectivity index (χ0) is 29.5. The highest BCUT2D eigenvalue weighted by molar-refractivity contribution is 5.86. The molecular formula is C34H36N8O. The van der Waals surface area contributed by atoms with Crippen LogP contribution in [0, 0.1) is 35.0 Å². The Morgan fingerprint density at radius 1 is 1.05 bits per heavy atom. The molecule has 0 aromatic carbocycles. The Balaban J connectivity index is 1.05. The second-order valence-electron chi connectivity index (χ2n) is 12.3. The fourth-order valence-electron chi connectivity index (χ4n) is 8.19. The number of aryl methyl sites for hydroxylation is 1. The molecule has 1 saturated heterocycles. The average Bonchev–Trinajstić information content (AvgIpc) is 3.77. The van der Waals surface area contributed by atoms with Crippen LogP contribution in [-0.2, 0) is 13.0 Å². The third kappa shape index (κ3) is 4.86. The number of allylic oxidation sites excluding steroid dienone is 1. The van der Waals surface area contributed by atoms with E-state index in [0.29, 0.717) is 29.2 Å². The van der Waals surface area contributed by atoms with Gasteiger partial charge in [-0.3, -0.25) is 20.0 Å². The maximum absolute atomic E-state index is 9.66. The number of ether oxygens (including phenoxy) is 1. The molecule has 3 aliphatic rings. The average molecular weight is 573 g/mol. The van der Waals surface area contributed by atoms with Gasteiger partial charge in [-0.1, -0.05) is 19.1 Å². The van der Waals surface area contributed by atoms with Crippen molar-refractivity contribution in [3.8, 4) is 34.2 Å². The fraction of sp³-hybridized carbons (Fsp3) is 0.382. The molecule has 5 heterocycles. The molecule has 3 N–H and O–H groups in total. The first kappa shape index (κ1) is 27.3. The van der Waals surface area contributed by atoms with E-state index in [1.807, 2.05) is 30.7 Å². The number of nitriles is 1. The van der Waals surface area contributed by atoms with Gasteiger partial charge in [0.25, 0.3) is 0 Å². The number of hydrogen-bond donors (Lipinski definition) is 2. The minimum absolute atomic E-state index is 0.329. The summed E-state index contributed by atoms with van der Waals surface area (Å²) in [5.41, 5.74) is 12.6. The van der Waals surface area contributed by atoms with E-state index in [1.165, 1.54) is 24.6 Å². The van der Waals surface area contributed by atoms with Crippen molar-refractivity contribution >= 4 is 5.57 Å². The van der Waals surface area contributed by atoms with Crippen molar-refractivity contribution in [2.24, 2.45) is 29.4 Å². The summed E-state index contributed by atoms with van der Waals surface area (Å²) in [6.07, 6.45) is 15.2. The summed E-state index contributed by atoms with van der Waals surface area (Å²) < 4.78 is 5.24. The lowest BCUT2D eigenvalue weighted by atomic mass is 9.80. The van der Waals surface area contributed by atoms with Gasteiger partial charge < -0.3 is 10.5 Å². The van der Waals surface area contributed by atoms with E-state index >= 15 is 0 Å². The number of aromatic amines is 1. The van der Waals surface area contributed by atoms with Crippen molar-refractivity contribution in [2.45, 2.75) is 51.2 Å². The van der Waals surface area contributed by atoms with Crippen molar-refractivity contribution in [2.75, 3.05) is 7.11 Å². The Morgan fingerprint density at radius 2 is 1.91 bits per heavy atom. The largest absolute Gasteiger partial charge is 0.481 e. The Bertz CT molecular complexity index is 1660. The minimum atomic E-state index is 0.329. The molecule has 0 spiro atoms. The number of rotatable bonds is 9. The van der Waals surface area contributed by atoms with Crippen LogP contribution in [0.25, 0.3) is 27.8 Å². The van der Waals surface area contributed by atoms with Crippen molar-refractivity contribution in [3.05, 3.63) is 84.5 Å². The van der Waals surface area contributed by atoms with E-state index < -0.39 is 0 Å². The fourth-order valence-corrected chi connectivity index (χ4v) is 8.19. The third-order valence-electron chi connectivity index (χ3n) is 10.1. The van der Waals surface area contributed by atoms with Gasteiger partial charge in [0.1, 0.15) is 6.07 Å². The summed E-state index contributed by atoms with van der Waals surface area (Å²) in [4.78, 5) is 16.6. The Labute approximate surface area is 251 Å². The lowest BCUT2D eigenvalue weighted by Crippen LogP contribution is -2.59. The van der Waals surface area contributed by atoms with E-state index in [1.54, 1.807) is 19.5 Å². The Morgan fingerprint density at radius 3 is 2.60 bits per heavy atom. The third-order valence-corrected chi connectivity index (χ3v) is 10.1. The van der Waals surface area contributed by atoms with Gasteiger partial charge in [0.05, 0.1) is 24.6 Å². The summed E-state index contributed by atoms with van der Waals surface area (Å²) in [5, 5.41) is 16.6. The van der Waals surface area contributed by atoms with Crippen molar-refractivity contribution in [1.82, 2.24) is 30.0 Å². The minimum Gasteiger partial charge on any atom is -0.481 e. The van der Waals surface area contributed by atoms with Crippen LogP contribution in [0.5, 0.6) is 5.88 Å². The first-order chi connectivity index (χ1) is 21.1. The topological polar surface area (TPSA) is 130 Å². The molecule has 0 bridgehead atoms. The predicted octanol–water partition coefficient (Wildman–Crippen LogP) is 5.24. The monoisotopic (exact) mass is 572 g/mol. The maximum atomic E-state index is 9.66. The van der Waals surface area contributed by atoms with Gasteiger partial charge in [0.15, 0.2) is 0 Å². The second kappa shape index (κ2) is 11.3. The number of aromatic nitrogens is 5. The molecular weight excluding hydrogens is 536 g/mol. The van der Waals surface area contributed by atoms with Gasteiger partial charge >= 0.3 is 0 Å². The van der Waals surface area contributed by atoms with Gasteiger partial charge in [-0.25, -0.2) is 4.98 Å². The zero-order valence-electron chi connectivity index (χ0n) is 24.5. The van der Waals surface area contributed by atoms with Gasteiger partial charge in [0.2, 0.25) is 5.88 Å². The van der Waals surface area contributed by atoms with Crippen molar-refractivity contribution in [3.63, 3.8) is 0 Å². The number of nitrogens with one attached hydrogen (secondary N) is 1. The second-order valence-corrected chi connectivity index (χ2v) is 12.3. The smallest absolute Gasteiger partial charge is 0.212 e. The number of likely N-dealkylation sites (tertiary alicyclic amines) is 1. The Kier molecular flexibility index (Phi) is 7.15. The molecule has 1 aliphatic heterocycles. The highest BCUT2D eigenvalue weighted by atomic mass is 16.5. The maximum Gasteiger partial charge on any atom is 0.212 e. The quantitative estimate of drug-likeness (QED) is 0.261. The van der Waals surface area contributed by atoms with Crippen LogP contribution >= 0.6 is 0 Å². The van der Waals surface area contributed by atoms with E-state index in [-0.39, 0.29) is 0 Å². The summed E-state index contributed by atoms with van der Waals surface area (Å²) >= 11 is 0. The number of H-pyrrole nitrogens is 1. The molecule has 9 nitrogen and oxygen atoms in total. The summed E-state index contributed by atoms with van der Waals surface area (Å²) in [6, 6.07) is 13.9. The molecule has 9 heteroatoms. The first-order valence-electron chi connectivity index (χ1n) is 15.1. The zero-order valence-corrected chi connectivity index (χ0v) is 24.5. The first-order valence-corrected chi connectivity index (χ1v) is 15.1. The van der Waals surface area contributed by atoms with E-state index in [2.05, 4.69) is 56.3 Å². The van der Waals surface area contributed by atoms with E-state index in [4.69, 9.17) is 15.5 Å². The molecule has 0 amide bonds. The highest BCUT2D eigenvalue weighted by Crippen LogP contribution is 2.61. The van der Waals surface area contributed by atoms with Gasteiger partial charge in [-0.15, -0.1) is 0 Å². The molecule has 3 fully saturated rings. The number of pyridine rings is 3. The summed E-state index contributed by atoms with van der Waals surface area (Å²) in [6.45, 7) is 3.44. The molecule has 2 aliphatic carbocycles. The molecule has 6 atom stereocenters. The molecule has 43 heavy (non-hydrogen) atoms. The lowest BCUT2D eigenvalue weighted by Gasteiger charge is -2.51.